The van der Waals surface area contributed by atoms with Crippen molar-refractivity contribution in [2.45, 2.75) is 19.0 Å². The molecule has 0 N–H and O–H groups in total. The topological polar surface area (TPSA) is 70.2 Å². The molecule has 7 nitrogen and oxygen atoms in total. The molecule has 2 aliphatic heterocycles. The molecule has 1 amide bonds. The second kappa shape index (κ2) is 9.92. The Morgan fingerprint density at radius 3 is 2.31 bits per heavy atom. The van der Waals surface area contributed by atoms with Crippen molar-refractivity contribution in [2.24, 2.45) is 0 Å². The van der Waals surface area contributed by atoms with Crippen LogP contribution < -0.4 is 9.64 Å². The SMILES string of the molecule is COc1ccc(N2CCN(CC(=O)N(Cc3ccccc3)C3CCS(=O)(=O)C3)CC2)cc1. The first-order valence-electron chi connectivity index (χ1n) is 11.1. The van der Waals surface area contributed by atoms with E-state index in [-0.39, 0.29) is 23.5 Å². The van der Waals surface area contributed by atoms with Gasteiger partial charge in [-0.15, -0.1) is 0 Å². The highest BCUT2D eigenvalue weighted by Gasteiger charge is 2.35. The predicted molar refractivity (Wildman–Crippen MR) is 126 cm³/mol. The fourth-order valence-corrected chi connectivity index (χ4v) is 6.19. The highest BCUT2D eigenvalue weighted by Crippen LogP contribution is 2.22. The second-order valence-corrected chi connectivity index (χ2v) is 10.8. The average Bonchev–Trinajstić information content (AvgIpc) is 3.18. The number of nitrogens with zero attached hydrogens (tertiary/aromatic N) is 3. The number of carbonyl (C=O) groups excluding carboxylic acids is 1. The van der Waals surface area contributed by atoms with Gasteiger partial charge in [-0.1, -0.05) is 30.3 Å². The highest BCUT2D eigenvalue weighted by molar-refractivity contribution is 7.91. The first kappa shape index (κ1) is 22.6. The van der Waals surface area contributed by atoms with Gasteiger partial charge < -0.3 is 14.5 Å². The van der Waals surface area contributed by atoms with Gasteiger partial charge in [-0.25, -0.2) is 8.42 Å². The summed E-state index contributed by atoms with van der Waals surface area (Å²) < 4.78 is 29.4. The molecule has 0 spiro atoms. The Labute approximate surface area is 190 Å². The Morgan fingerprint density at radius 2 is 1.72 bits per heavy atom. The summed E-state index contributed by atoms with van der Waals surface area (Å²) in [6.07, 6.45) is 0.520. The molecule has 0 saturated carbocycles. The minimum absolute atomic E-state index is 0.00819. The number of rotatable bonds is 7. The van der Waals surface area contributed by atoms with Crippen molar-refractivity contribution in [3.8, 4) is 5.75 Å². The van der Waals surface area contributed by atoms with Gasteiger partial charge in [-0.05, 0) is 36.2 Å². The van der Waals surface area contributed by atoms with Gasteiger partial charge in [0.1, 0.15) is 5.75 Å². The monoisotopic (exact) mass is 457 g/mol. The molecule has 2 heterocycles. The van der Waals surface area contributed by atoms with Crippen molar-refractivity contribution in [1.82, 2.24) is 9.80 Å². The number of hydrogen-bond donors (Lipinski definition) is 0. The van der Waals surface area contributed by atoms with E-state index in [2.05, 4.69) is 21.9 Å². The minimum Gasteiger partial charge on any atom is -0.497 e. The van der Waals surface area contributed by atoms with Gasteiger partial charge in [0, 0.05) is 44.5 Å². The molecular formula is C24H31N3O4S. The Bertz CT molecular complexity index is 1000. The van der Waals surface area contributed by atoms with Crippen LogP contribution in [0, 0.1) is 0 Å². The molecule has 32 heavy (non-hydrogen) atoms. The zero-order chi connectivity index (χ0) is 22.6. The van der Waals surface area contributed by atoms with Crippen LogP contribution in [0.3, 0.4) is 0 Å². The number of amides is 1. The van der Waals surface area contributed by atoms with Crippen molar-refractivity contribution >= 4 is 21.4 Å². The lowest BCUT2D eigenvalue weighted by atomic mass is 10.1. The van der Waals surface area contributed by atoms with Crippen LogP contribution in [0.25, 0.3) is 0 Å². The van der Waals surface area contributed by atoms with E-state index in [0.717, 1.165) is 43.2 Å². The smallest absolute Gasteiger partial charge is 0.237 e. The number of ether oxygens (including phenoxy) is 1. The zero-order valence-electron chi connectivity index (χ0n) is 18.5. The summed E-state index contributed by atoms with van der Waals surface area (Å²) >= 11 is 0. The van der Waals surface area contributed by atoms with E-state index >= 15 is 0 Å². The van der Waals surface area contributed by atoms with Crippen molar-refractivity contribution < 1.29 is 17.9 Å². The lowest BCUT2D eigenvalue weighted by molar-refractivity contribution is -0.135. The minimum atomic E-state index is -3.07. The van der Waals surface area contributed by atoms with Crippen LogP contribution in [-0.4, -0.2) is 81.5 Å². The summed E-state index contributed by atoms with van der Waals surface area (Å²) in [5, 5.41) is 0. The van der Waals surface area contributed by atoms with Crippen LogP contribution in [0.4, 0.5) is 5.69 Å². The highest BCUT2D eigenvalue weighted by atomic mass is 32.2. The van der Waals surface area contributed by atoms with Crippen LogP contribution in [0.5, 0.6) is 5.75 Å². The second-order valence-electron chi connectivity index (χ2n) is 8.53. The Hall–Kier alpha value is -2.58. The van der Waals surface area contributed by atoms with Gasteiger partial charge in [0.05, 0.1) is 25.2 Å². The Balaban J connectivity index is 1.37. The van der Waals surface area contributed by atoms with Crippen molar-refractivity contribution in [1.29, 1.82) is 0 Å². The molecule has 0 aromatic heterocycles. The molecule has 2 aromatic carbocycles. The summed E-state index contributed by atoms with van der Waals surface area (Å²) in [7, 11) is -1.41. The number of hydrogen-bond acceptors (Lipinski definition) is 6. The maximum atomic E-state index is 13.3. The van der Waals surface area contributed by atoms with E-state index < -0.39 is 9.84 Å². The molecule has 4 rings (SSSR count). The van der Waals surface area contributed by atoms with Crippen LogP contribution in [0.2, 0.25) is 0 Å². The largest absolute Gasteiger partial charge is 0.497 e. The number of carbonyl (C=O) groups is 1. The predicted octanol–water partition coefficient (Wildman–Crippen LogP) is 2.03. The third kappa shape index (κ3) is 5.61. The third-order valence-electron chi connectivity index (χ3n) is 6.33. The molecule has 1 atom stereocenters. The molecule has 2 aliphatic rings. The van der Waals surface area contributed by atoms with Crippen LogP contribution >= 0.6 is 0 Å². The Morgan fingerprint density at radius 1 is 1.03 bits per heavy atom. The van der Waals surface area contributed by atoms with Gasteiger partial charge in [0.15, 0.2) is 9.84 Å². The number of benzene rings is 2. The average molecular weight is 458 g/mol. The van der Waals surface area contributed by atoms with E-state index in [9.17, 15) is 13.2 Å². The molecule has 0 bridgehead atoms. The molecule has 2 fully saturated rings. The van der Waals surface area contributed by atoms with E-state index in [1.807, 2.05) is 42.5 Å². The van der Waals surface area contributed by atoms with Crippen molar-refractivity contribution in [2.75, 3.05) is 56.2 Å². The summed E-state index contributed by atoms with van der Waals surface area (Å²) in [5.74, 6) is 1.08. The van der Waals surface area contributed by atoms with E-state index in [0.29, 0.717) is 19.5 Å². The van der Waals surface area contributed by atoms with E-state index in [1.54, 1.807) is 12.0 Å². The van der Waals surface area contributed by atoms with Gasteiger partial charge in [0.2, 0.25) is 5.91 Å². The van der Waals surface area contributed by atoms with Gasteiger partial charge in [-0.2, -0.15) is 0 Å². The third-order valence-corrected chi connectivity index (χ3v) is 8.08. The van der Waals surface area contributed by atoms with Gasteiger partial charge in [0.25, 0.3) is 0 Å². The number of sulfone groups is 1. The quantitative estimate of drug-likeness (QED) is 0.634. The molecule has 2 aromatic rings. The number of piperazine rings is 1. The molecule has 2 saturated heterocycles. The van der Waals surface area contributed by atoms with Gasteiger partial charge >= 0.3 is 0 Å². The normalized spacial score (nSPS) is 20.8. The van der Waals surface area contributed by atoms with E-state index in [4.69, 9.17) is 4.74 Å². The van der Waals surface area contributed by atoms with Crippen LogP contribution in [0.15, 0.2) is 54.6 Å². The number of anilines is 1. The molecule has 8 heteroatoms. The van der Waals surface area contributed by atoms with Crippen molar-refractivity contribution in [3.05, 3.63) is 60.2 Å². The zero-order valence-corrected chi connectivity index (χ0v) is 19.3. The molecule has 0 aliphatic carbocycles. The maximum Gasteiger partial charge on any atom is 0.237 e. The number of methoxy groups -OCH3 is 1. The molecule has 1 unspecified atom stereocenters. The Kier molecular flexibility index (Phi) is 7.01. The lowest BCUT2D eigenvalue weighted by Gasteiger charge is -2.37. The summed E-state index contributed by atoms with van der Waals surface area (Å²) in [6, 6.07) is 17.6. The summed E-state index contributed by atoms with van der Waals surface area (Å²) in [5.41, 5.74) is 2.17. The first-order valence-corrected chi connectivity index (χ1v) is 12.9. The van der Waals surface area contributed by atoms with Crippen LogP contribution in [-0.2, 0) is 21.2 Å². The summed E-state index contributed by atoms with van der Waals surface area (Å²) in [4.78, 5) is 19.6. The molecule has 0 radical (unpaired) electrons. The lowest BCUT2D eigenvalue weighted by Crippen LogP contribution is -2.51. The fourth-order valence-electron chi connectivity index (χ4n) is 4.46. The molecular weight excluding hydrogens is 426 g/mol. The molecule has 172 valence electrons. The van der Waals surface area contributed by atoms with E-state index in [1.165, 1.54) is 0 Å². The van der Waals surface area contributed by atoms with Crippen molar-refractivity contribution in [3.63, 3.8) is 0 Å². The van der Waals surface area contributed by atoms with Crippen LogP contribution in [0.1, 0.15) is 12.0 Å². The first-order chi connectivity index (χ1) is 15.4. The maximum absolute atomic E-state index is 13.3. The van der Waals surface area contributed by atoms with Gasteiger partial charge in [-0.3, -0.25) is 9.69 Å². The fraction of sp³-hybridized carbons (Fsp3) is 0.458. The standard InChI is InChI=1S/C24H31N3O4S/c1-31-23-9-7-21(8-10-23)26-14-12-25(13-15-26)18-24(28)27(17-20-5-3-2-4-6-20)22-11-16-32(29,30)19-22/h2-10,22H,11-19H2,1H3. The summed E-state index contributed by atoms with van der Waals surface area (Å²) in [6.45, 7) is 4.04.